The molecule has 0 radical (unpaired) electrons. The first-order valence-electron chi connectivity index (χ1n) is 6.45. The fourth-order valence-corrected chi connectivity index (χ4v) is 3.32. The molecule has 0 aromatic heterocycles. The molecule has 1 heterocycles. The molecule has 1 amide bonds. The molecule has 0 bridgehead atoms. The lowest BCUT2D eigenvalue weighted by molar-refractivity contribution is 0.0609. The van der Waals surface area contributed by atoms with Crippen LogP contribution in [0, 0.1) is 0 Å². The van der Waals surface area contributed by atoms with Crippen LogP contribution in [0.2, 0.25) is 10.0 Å². The standard InChI is InChI=1S/C14H16Cl3NO/c15-5-4-13-3-1-2-6-18(13)14(19)10-7-11(16)9-12(17)8-10/h7-9,13H,1-6H2. The van der Waals surface area contributed by atoms with Crippen molar-refractivity contribution in [3.8, 4) is 0 Å². The zero-order valence-electron chi connectivity index (χ0n) is 10.5. The van der Waals surface area contributed by atoms with E-state index < -0.39 is 0 Å². The molecule has 1 saturated heterocycles. The largest absolute Gasteiger partial charge is 0.336 e. The van der Waals surface area contributed by atoms with Gasteiger partial charge in [0.25, 0.3) is 5.91 Å². The normalized spacial score (nSPS) is 19.5. The molecular weight excluding hydrogens is 305 g/mol. The number of alkyl halides is 1. The van der Waals surface area contributed by atoms with E-state index in [4.69, 9.17) is 34.8 Å². The van der Waals surface area contributed by atoms with Crippen LogP contribution in [0.5, 0.6) is 0 Å². The smallest absolute Gasteiger partial charge is 0.254 e. The molecule has 0 saturated carbocycles. The van der Waals surface area contributed by atoms with Crippen molar-refractivity contribution in [2.45, 2.75) is 31.7 Å². The van der Waals surface area contributed by atoms with Gasteiger partial charge in [-0.25, -0.2) is 0 Å². The van der Waals surface area contributed by atoms with Crippen LogP contribution in [0.15, 0.2) is 18.2 Å². The van der Waals surface area contributed by atoms with Crippen LogP contribution in [0.3, 0.4) is 0 Å². The molecule has 1 unspecified atom stereocenters. The van der Waals surface area contributed by atoms with E-state index in [2.05, 4.69) is 0 Å². The maximum atomic E-state index is 12.6. The minimum atomic E-state index is -0.000725. The molecule has 0 aliphatic carbocycles. The summed E-state index contributed by atoms with van der Waals surface area (Å²) in [7, 11) is 0. The molecule has 19 heavy (non-hydrogen) atoms. The van der Waals surface area contributed by atoms with E-state index in [0.29, 0.717) is 21.5 Å². The van der Waals surface area contributed by atoms with E-state index >= 15 is 0 Å². The molecule has 0 spiro atoms. The lowest BCUT2D eigenvalue weighted by Gasteiger charge is -2.35. The predicted octanol–water partition coefficient (Wildman–Crippen LogP) is 4.62. The molecule has 2 rings (SSSR count). The second kappa shape index (κ2) is 6.83. The Morgan fingerprint density at radius 1 is 1.21 bits per heavy atom. The average Bonchev–Trinajstić information content (AvgIpc) is 2.38. The molecule has 1 aliphatic rings. The van der Waals surface area contributed by atoms with Gasteiger partial charge in [-0.2, -0.15) is 0 Å². The molecule has 0 N–H and O–H groups in total. The van der Waals surface area contributed by atoms with Gasteiger partial charge >= 0.3 is 0 Å². The minimum Gasteiger partial charge on any atom is -0.336 e. The summed E-state index contributed by atoms with van der Waals surface area (Å²) in [5.74, 6) is 0.573. The van der Waals surface area contributed by atoms with E-state index in [1.807, 2.05) is 4.90 Å². The van der Waals surface area contributed by atoms with Gasteiger partial charge in [0.2, 0.25) is 0 Å². The molecule has 1 aliphatic heterocycles. The van der Waals surface area contributed by atoms with Gasteiger partial charge in [-0.1, -0.05) is 23.2 Å². The zero-order chi connectivity index (χ0) is 13.8. The molecule has 1 fully saturated rings. The predicted molar refractivity (Wildman–Crippen MR) is 80.5 cm³/mol. The highest BCUT2D eigenvalue weighted by Crippen LogP contribution is 2.25. The number of likely N-dealkylation sites (tertiary alicyclic amines) is 1. The highest BCUT2D eigenvalue weighted by atomic mass is 35.5. The minimum absolute atomic E-state index is 0.000725. The fourth-order valence-electron chi connectivity index (χ4n) is 2.54. The van der Waals surface area contributed by atoms with Crippen molar-refractivity contribution < 1.29 is 4.79 Å². The Kier molecular flexibility index (Phi) is 5.37. The first-order chi connectivity index (χ1) is 9.11. The van der Waals surface area contributed by atoms with Crippen LogP contribution in [0.25, 0.3) is 0 Å². The van der Waals surface area contributed by atoms with Crippen LogP contribution in [-0.4, -0.2) is 29.3 Å². The first-order valence-corrected chi connectivity index (χ1v) is 7.74. The summed E-state index contributed by atoms with van der Waals surface area (Å²) in [6.07, 6.45) is 4.05. The molecule has 1 atom stereocenters. The third-order valence-corrected chi connectivity index (χ3v) is 4.09. The molecular formula is C14H16Cl3NO. The van der Waals surface area contributed by atoms with Crippen LogP contribution in [0.1, 0.15) is 36.0 Å². The van der Waals surface area contributed by atoms with E-state index in [0.717, 1.165) is 32.2 Å². The van der Waals surface area contributed by atoms with E-state index in [9.17, 15) is 4.79 Å². The number of amides is 1. The summed E-state index contributed by atoms with van der Waals surface area (Å²) < 4.78 is 0. The third-order valence-electron chi connectivity index (χ3n) is 3.44. The number of rotatable bonds is 3. The van der Waals surface area contributed by atoms with Gasteiger partial charge in [0.1, 0.15) is 0 Å². The molecule has 2 nitrogen and oxygen atoms in total. The molecule has 104 valence electrons. The molecule has 5 heteroatoms. The number of halogens is 3. The second-order valence-corrected chi connectivity index (χ2v) is 6.03. The van der Waals surface area contributed by atoms with Gasteiger partial charge in [0.15, 0.2) is 0 Å². The number of nitrogens with zero attached hydrogens (tertiary/aromatic N) is 1. The Morgan fingerprint density at radius 2 is 1.89 bits per heavy atom. The third kappa shape index (κ3) is 3.77. The van der Waals surface area contributed by atoms with Crippen LogP contribution >= 0.6 is 34.8 Å². The fraction of sp³-hybridized carbons (Fsp3) is 0.500. The van der Waals surface area contributed by atoms with Crippen molar-refractivity contribution >= 4 is 40.7 Å². The van der Waals surface area contributed by atoms with Crippen LogP contribution in [-0.2, 0) is 0 Å². The van der Waals surface area contributed by atoms with Crippen molar-refractivity contribution in [1.82, 2.24) is 4.90 Å². The topological polar surface area (TPSA) is 20.3 Å². The average molecular weight is 321 g/mol. The quantitative estimate of drug-likeness (QED) is 0.744. The summed E-state index contributed by atoms with van der Waals surface area (Å²) in [5.41, 5.74) is 0.555. The maximum absolute atomic E-state index is 12.6. The summed E-state index contributed by atoms with van der Waals surface area (Å²) in [5, 5.41) is 0.975. The maximum Gasteiger partial charge on any atom is 0.254 e. The Balaban J connectivity index is 2.20. The van der Waals surface area contributed by atoms with Gasteiger partial charge in [0, 0.05) is 34.1 Å². The number of carbonyl (C=O) groups is 1. The van der Waals surface area contributed by atoms with E-state index in [1.165, 1.54) is 0 Å². The number of benzene rings is 1. The Morgan fingerprint density at radius 3 is 2.53 bits per heavy atom. The van der Waals surface area contributed by atoms with Crippen molar-refractivity contribution in [2.75, 3.05) is 12.4 Å². The molecule has 1 aromatic carbocycles. The van der Waals surface area contributed by atoms with Crippen LogP contribution < -0.4 is 0 Å². The Labute approximate surface area is 128 Å². The van der Waals surface area contributed by atoms with Crippen LogP contribution in [0.4, 0.5) is 0 Å². The van der Waals surface area contributed by atoms with Gasteiger partial charge in [-0.05, 0) is 43.9 Å². The Bertz CT molecular complexity index is 442. The molecule has 1 aromatic rings. The zero-order valence-corrected chi connectivity index (χ0v) is 12.8. The second-order valence-electron chi connectivity index (χ2n) is 4.78. The lowest BCUT2D eigenvalue weighted by atomic mass is 9.99. The first kappa shape index (κ1) is 15.0. The monoisotopic (exact) mass is 319 g/mol. The van der Waals surface area contributed by atoms with Crippen molar-refractivity contribution in [3.63, 3.8) is 0 Å². The van der Waals surface area contributed by atoms with Crippen molar-refractivity contribution in [2.24, 2.45) is 0 Å². The SMILES string of the molecule is O=C(c1cc(Cl)cc(Cl)c1)N1CCCCC1CCCl. The number of carbonyl (C=O) groups excluding carboxylic acids is 1. The summed E-state index contributed by atoms with van der Waals surface area (Å²) in [4.78, 5) is 14.5. The van der Waals surface area contributed by atoms with E-state index in [-0.39, 0.29) is 11.9 Å². The Hall–Kier alpha value is -0.440. The highest BCUT2D eigenvalue weighted by Gasteiger charge is 2.27. The van der Waals surface area contributed by atoms with Gasteiger partial charge < -0.3 is 4.90 Å². The van der Waals surface area contributed by atoms with E-state index in [1.54, 1.807) is 18.2 Å². The number of piperidine rings is 1. The number of hydrogen-bond donors (Lipinski definition) is 0. The van der Waals surface area contributed by atoms with Gasteiger partial charge in [-0.3, -0.25) is 4.79 Å². The highest BCUT2D eigenvalue weighted by molar-refractivity contribution is 6.35. The van der Waals surface area contributed by atoms with Crippen molar-refractivity contribution in [3.05, 3.63) is 33.8 Å². The summed E-state index contributed by atoms with van der Waals surface area (Å²) in [6, 6.07) is 5.20. The summed E-state index contributed by atoms with van der Waals surface area (Å²) in [6.45, 7) is 0.782. The van der Waals surface area contributed by atoms with Gasteiger partial charge in [-0.15, -0.1) is 11.6 Å². The lowest BCUT2D eigenvalue weighted by Crippen LogP contribution is -2.44. The number of hydrogen-bond acceptors (Lipinski definition) is 1. The van der Waals surface area contributed by atoms with Crippen molar-refractivity contribution in [1.29, 1.82) is 0 Å². The summed E-state index contributed by atoms with van der Waals surface area (Å²) >= 11 is 17.7. The van der Waals surface area contributed by atoms with Gasteiger partial charge in [0.05, 0.1) is 0 Å².